The van der Waals surface area contributed by atoms with Gasteiger partial charge in [0, 0.05) is 0 Å². The predicted molar refractivity (Wildman–Crippen MR) is 45.0 cm³/mol. The Kier molecular flexibility index (Phi) is 3.29. The van der Waals surface area contributed by atoms with E-state index in [4.69, 9.17) is 0 Å². The molecule has 0 aromatic heterocycles. The Hall–Kier alpha value is 0.1000. The predicted octanol–water partition coefficient (Wildman–Crippen LogP) is 1.15. The van der Waals surface area contributed by atoms with E-state index in [1.165, 1.54) is 0 Å². The first kappa shape index (κ1) is 10.2. The molecule has 5 heteroatoms. The second-order valence-corrected chi connectivity index (χ2v) is 6.18. The molecule has 0 saturated heterocycles. The van der Waals surface area contributed by atoms with E-state index in [2.05, 4.69) is 0 Å². The second kappa shape index (κ2) is 3.87. The third kappa shape index (κ3) is 2.55. The quantitative estimate of drug-likeness (QED) is 0.525. The minimum atomic E-state index is -4.39. The van der Waals surface area contributed by atoms with Crippen molar-refractivity contribution in [2.45, 2.75) is 2.50 Å². The fraction of sp³-hybridized carbons (Fsp3) is 0.143. The molecule has 60 valence electrons. The van der Waals surface area contributed by atoms with Crippen molar-refractivity contribution < 1.29 is 12.3 Å². The zero-order valence-corrected chi connectivity index (χ0v) is 9.38. The molecule has 0 amide bonds. The zero-order chi connectivity index (χ0) is 9.19. The molecule has 0 bridgehead atoms. The van der Waals surface area contributed by atoms with Crippen LogP contribution >= 0.6 is 0 Å². The van der Waals surface area contributed by atoms with E-state index in [1.54, 1.807) is 30.3 Å². The molecule has 0 spiro atoms. The number of halogens is 1. The Labute approximate surface area is 88.4 Å². The second-order valence-electron chi connectivity index (χ2n) is 2.53. The minimum absolute atomic E-state index is 0.273. The van der Waals surface area contributed by atoms with Crippen molar-refractivity contribution in [2.75, 3.05) is 0 Å². The summed E-state index contributed by atoms with van der Waals surface area (Å²) in [6.45, 7) is 0. The van der Waals surface area contributed by atoms with E-state index < -0.39 is 12.7 Å². The Morgan fingerprint density at radius 1 is 1.25 bits per heavy atom. The van der Waals surface area contributed by atoms with Crippen LogP contribution in [0.3, 0.4) is 0 Å². The van der Waals surface area contributed by atoms with E-state index in [0.29, 0.717) is 5.56 Å². The van der Waals surface area contributed by atoms with Crippen molar-refractivity contribution in [1.29, 1.82) is 0 Å². The monoisotopic (exact) mass is 196 g/mol. The Balaban J connectivity index is 3.02. The van der Waals surface area contributed by atoms with Gasteiger partial charge in [0.2, 0.25) is 0 Å². The molecule has 0 aliphatic carbocycles. The molecule has 1 atom stereocenters. The first-order chi connectivity index (χ1) is 5.52. The van der Waals surface area contributed by atoms with Crippen molar-refractivity contribution in [3.63, 3.8) is 0 Å². The molecule has 0 aliphatic rings. The van der Waals surface area contributed by atoms with Crippen LogP contribution in [0.2, 0.25) is 0 Å². The molecule has 0 aliphatic heterocycles. The molecule has 0 radical (unpaired) electrons. The molecule has 1 rings (SSSR count). The summed E-state index contributed by atoms with van der Waals surface area (Å²) in [5, 5.41) is 0. The fourth-order valence-corrected chi connectivity index (χ4v) is 1.75. The van der Waals surface area contributed by atoms with Crippen LogP contribution in [0, 0.1) is 0 Å². The van der Waals surface area contributed by atoms with Crippen molar-refractivity contribution in [1.82, 2.24) is 0 Å². The van der Waals surface area contributed by atoms with Crippen LogP contribution in [0.4, 0.5) is 3.89 Å². The molecule has 1 unspecified atom stereocenters. The van der Waals surface area contributed by atoms with Crippen LogP contribution < -0.4 is 0 Å². The molecular weight excluding hydrogens is 190 g/mol. The fourth-order valence-electron chi connectivity index (χ4n) is 0.887. The summed E-state index contributed by atoms with van der Waals surface area (Å²) in [4.78, 5) is 0. The maximum absolute atomic E-state index is 12.5. The summed E-state index contributed by atoms with van der Waals surface area (Å²) >= 11 is 0.273. The van der Waals surface area contributed by atoms with Crippen LogP contribution in [0.5, 0.6) is 0 Å². The third-order valence-electron chi connectivity index (χ3n) is 1.69. The summed E-state index contributed by atoms with van der Waals surface area (Å²) in [5.74, 6) is 0. The third-order valence-corrected chi connectivity index (χ3v) is 5.16. The number of hydrogen-bond donors (Lipinski definition) is 0. The molecule has 0 fully saturated rings. The van der Waals surface area contributed by atoms with Crippen molar-refractivity contribution in [2.24, 2.45) is 0 Å². The van der Waals surface area contributed by atoms with Gasteiger partial charge in [0.1, 0.15) is 0 Å². The van der Waals surface area contributed by atoms with Gasteiger partial charge in [-0.15, -0.1) is 0 Å². The first-order valence-electron chi connectivity index (χ1n) is 3.50. The van der Waals surface area contributed by atoms with Gasteiger partial charge >= 0.3 is 88.9 Å². The average Bonchev–Trinajstić information content (AvgIpc) is 2.03. The van der Waals surface area contributed by atoms with Crippen LogP contribution in [0.15, 0.2) is 30.3 Å². The van der Waals surface area contributed by atoms with Crippen molar-refractivity contribution in [3.8, 4) is 0 Å². The standard InChI is InChI=1S/C7H6FO2S.Na/c8-11(9,10)6-7-4-2-1-3-5-7;/h1-6H;. The molecule has 1 aromatic rings. The summed E-state index contributed by atoms with van der Waals surface area (Å²) in [7, 11) is -4.39. The van der Waals surface area contributed by atoms with Gasteiger partial charge in [0.05, 0.1) is 0 Å². The van der Waals surface area contributed by atoms with E-state index in [9.17, 15) is 12.3 Å². The van der Waals surface area contributed by atoms with Gasteiger partial charge in [-0.25, -0.2) is 0 Å². The Morgan fingerprint density at radius 3 is 2.17 bits per heavy atom. The van der Waals surface area contributed by atoms with Gasteiger partial charge in [-0.3, -0.25) is 0 Å². The molecule has 1 aromatic carbocycles. The van der Waals surface area contributed by atoms with Gasteiger partial charge in [0.25, 0.3) is 0 Å². The van der Waals surface area contributed by atoms with Crippen LogP contribution in [0.1, 0.15) is 8.06 Å². The summed E-state index contributed by atoms with van der Waals surface area (Å²) in [6.07, 6.45) is 0. The topological polar surface area (TPSA) is 34.1 Å². The Bertz CT molecular complexity index is 349. The normalized spacial score (nSPS) is 14.2. The number of benzene rings is 1. The number of rotatable bonds is 2. The van der Waals surface area contributed by atoms with E-state index in [-0.39, 0.29) is 27.9 Å². The zero-order valence-electron chi connectivity index (χ0n) is 6.57. The molecule has 12 heavy (non-hydrogen) atoms. The van der Waals surface area contributed by atoms with Gasteiger partial charge < -0.3 is 0 Å². The van der Waals surface area contributed by atoms with E-state index in [0.717, 1.165) is 0 Å². The van der Waals surface area contributed by atoms with Crippen molar-refractivity contribution >= 4 is 38.2 Å². The molecular formula is C7H6FNaO2S. The van der Waals surface area contributed by atoms with Gasteiger partial charge in [0.15, 0.2) is 0 Å². The maximum atomic E-state index is 12.5. The molecule has 0 saturated carbocycles. The van der Waals surface area contributed by atoms with Gasteiger partial charge in [-0.2, -0.15) is 0 Å². The van der Waals surface area contributed by atoms with Gasteiger partial charge in [-0.05, 0) is 0 Å². The van der Waals surface area contributed by atoms with E-state index >= 15 is 0 Å². The summed E-state index contributed by atoms with van der Waals surface area (Å²) < 4.78 is 32.5. The van der Waals surface area contributed by atoms with Crippen LogP contribution in [0.25, 0.3) is 0 Å². The average molecular weight is 196 g/mol. The molecule has 2 nitrogen and oxygen atoms in total. The van der Waals surface area contributed by atoms with E-state index in [1.807, 2.05) is 0 Å². The molecule has 0 N–H and O–H groups in total. The van der Waals surface area contributed by atoms with Crippen molar-refractivity contribution in [3.05, 3.63) is 35.9 Å². The number of hydrogen-bond acceptors (Lipinski definition) is 2. The molecule has 0 heterocycles. The SMILES string of the molecule is O=S(=O)(F)[CH]([Na])c1ccccc1. The van der Waals surface area contributed by atoms with Crippen LogP contribution in [-0.4, -0.2) is 36.3 Å². The van der Waals surface area contributed by atoms with Gasteiger partial charge in [-0.1, -0.05) is 0 Å². The summed E-state index contributed by atoms with van der Waals surface area (Å²) in [6, 6.07) is 8.41. The van der Waals surface area contributed by atoms with Crippen LogP contribution in [-0.2, 0) is 10.2 Å². The first-order valence-corrected chi connectivity index (χ1v) is 6.10. The Morgan fingerprint density at radius 2 is 1.75 bits per heavy atom. The summed E-state index contributed by atoms with van der Waals surface area (Å²) in [5.41, 5.74) is 0.534.